The number of rotatable bonds is 4. The summed E-state index contributed by atoms with van der Waals surface area (Å²) >= 11 is 3.23. The third kappa shape index (κ3) is 3.06. The minimum atomic E-state index is -0.212. The zero-order chi connectivity index (χ0) is 11.4. The molecule has 0 spiro atoms. The van der Waals surface area contributed by atoms with Crippen molar-refractivity contribution in [3.05, 3.63) is 21.0 Å². The fourth-order valence-electron chi connectivity index (χ4n) is 1.23. The Morgan fingerprint density at radius 1 is 1.60 bits per heavy atom. The van der Waals surface area contributed by atoms with Gasteiger partial charge in [0.1, 0.15) is 4.47 Å². The third-order valence-corrected chi connectivity index (χ3v) is 3.46. The first-order chi connectivity index (χ1) is 7.06. The SMILES string of the molecule is CCC(C)C(C)Nc1cn[nH]c(=O)c1Br. The molecule has 84 valence electrons. The van der Waals surface area contributed by atoms with E-state index in [0.29, 0.717) is 16.4 Å². The number of nitrogens with one attached hydrogen (secondary N) is 2. The normalized spacial score (nSPS) is 14.7. The van der Waals surface area contributed by atoms with Gasteiger partial charge in [-0.2, -0.15) is 5.10 Å². The summed E-state index contributed by atoms with van der Waals surface area (Å²) in [6, 6.07) is 0.315. The number of halogens is 1. The molecule has 0 aliphatic heterocycles. The summed E-state index contributed by atoms with van der Waals surface area (Å²) in [4.78, 5) is 11.3. The Bertz CT molecular complexity index is 377. The molecule has 5 heteroatoms. The van der Waals surface area contributed by atoms with Gasteiger partial charge < -0.3 is 5.32 Å². The molecule has 1 rings (SSSR count). The third-order valence-electron chi connectivity index (χ3n) is 2.68. The summed E-state index contributed by atoms with van der Waals surface area (Å²) < 4.78 is 0.507. The average Bonchev–Trinajstić information content (AvgIpc) is 2.23. The average molecular weight is 274 g/mol. The van der Waals surface area contributed by atoms with Crippen molar-refractivity contribution in [3.63, 3.8) is 0 Å². The van der Waals surface area contributed by atoms with Crippen LogP contribution in [0.1, 0.15) is 27.2 Å². The van der Waals surface area contributed by atoms with Gasteiger partial charge in [-0.3, -0.25) is 4.79 Å². The maximum atomic E-state index is 11.3. The number of aromatic amines is 1. The molecule has 4 nitrogen and oxygen atoms in total. The molecule has 0 amide bonds. The van der Waals surface area contributed by atoms with Gasteiger partial charge in [0.15, 0.2) is 0 Å². The van der Waals surface area contributed by atoms with E-state index in [4.69, 9.17) is 0 Å². The van der Waals surface area contributed by atoms with Gasteiger partial charge >= 0.3 is 0 Å². The van der Waals surface area contributed by atoms with Crippen molar-refractivity contribution < 1.29 is 0 Å². The molecule has 0 aliphatic carbocycles. The van der Waals surface area contributed by atoms with Crippen LogP contribution in [0.3, 0.4) is 0 Å². The van der Waals surface area contributed by atoms with Crippen LogP contribution in [-0.4, -0.2) is 16.2 Å². The van der Waals surface area contributed by atoms with Crippen molar-refractivity contribution in [2.45, 2.75) is 33.2 Å². The van der Waals surface area contributed by atoms with Gasteiger partial charge in [-0.25, -0.2) is 5.10 Å². The topological polar surface area (TPSA) is 57.8 Å². The second kappa shape index (κ2) is 5.30. The Morgan fingerprint density at radius 2 is 2.27 bits per heavy atom. The molecule has 0 radical (unpaired) electrons. The van der Waals surface area contributed by atoms with E-state index in [-0.39, 0.29) is 5.56 Å². The zero-order valence-corrected chi connectivity index (χ0v) is 10.8. The lowest BCUT2D eigenvalue weighted by Crippen LogP contribution is -2.25. The standard InChI is InChI=1S/C10H16BrN3O/c1-4-6(2)7(3)13-8-5-12-14-10(15)9(8)11/h5-7H,4H2,1-3H3,(H2,13,14,15). The molecule has 0 bridgehead atoms. The van der Waals surface area contributed by atoms with Crippen LogP contribution in [0, 0.1) is 5.92 Å². The van der Waals surface area contributed by atoms with Gasteiger partial charge in [0.2, 0.25) is 0 Å². The summed E-state index contributed by atoms with van der Waals surface area (Å²) in [5.74, 6) is 0.552. The summed E-state index contributed by atoms with van der Waals surface area (Å²) in [5.41, 5.74) is 0.530. The van der Waals surface area contributed by atoms with Crippen LogP contribution in [0.5, 0.6) is 0 Å². The Labute approximate surface area is 97.6 Å². The monoisotopic (exact) mass is 273 g/mol. The molecule has 2 unspecified atom stereocenters. The minimum Gasteiger partial charge on any atom is -0.380 e. The van der Waals surface area contributed by atoms with E-state index >= 15 is 0 Å². The van der Waals surface area contributed by atoms with Crippen LogP contribution in [0.4, 0.5) is 5.69 Å². The fraction of sp³-hybridized carbons (Fsp3) is 0.600. The van der Waals surface area contributed by atoms with E-state index in [1.54, 1.807) is 6.20 Å². The quantitative estimate of drug-likeness (QED) is 0.886. The first kappa shape index (κ1) is 12.2. The molecule has 2 N–H and O–H groups in total. The predicted molar refractivity (Wildman–Crippen MR) is 65.1 cm³/mol. The summed E-state index contributed by atoms with van der Waals surface area (Å²) in [5, 5.41) is 9.39. The number of H-pyrrole nitrogens is 1. The van der Waals surface area contributed by atoms with Gasteiger partial charge in [-0.15, -0.1) is 0 Å². The van der Waals surface area contributed by atoms with Crippen LogP contribution in [0.15, 0.2) is 15.5 Å². The molecule has 2 atom stereocenters. The van der Waals surface area contributed by atoms with E-state index in [9.17, 15) is 4.79 Å². The van der Waals surface area contributed by atoms with Crippen LogP contribution < -0.4 is 10.9 Å². The first-order valence-electron chi connectivity index (χ1n) is 5.06. The Balaban J connectivity index is 2.81. The molecule has 15 heavy (non-hydrogen) atoms. The molecule has 0 aliphatic rings. The number of nitrogens with zero attached hydrogens (tertiary/aromatic N) is 1. The maximum absolute atomic E-state index is 11.3. The lowest BCUT2D eigenvalue weighted by molar-refractivity contribution is 0.494. The lowest BCUT2D eigenvalue weighted by Gasteiger charge is -2.21. The van der Waals surface area contributed by atoms with Crippen molar-refractivity contribution in [1.82, 2.24) is 10.2 Å². The predicted octanol–water partition coefficient (Wildman–Crippen LogP) is 2.38. The van der Waals surface area contributed by atoms with Crippen LogP contribution >= 0.6 is 15.9 Å². The molecular formula is C10H16BrN3O. The Morgan fingerprint density at radius 3 is 2.87 bits per heavy atom. The minimum absolute atomic E-state index is 0.212. The van der Waals surface area contributed by atoms with Crippen LogP contribution in [-0.2, 0) is 0 Å². The molecule has 1 aromatic heterocycles. The molecule has 0 fully saturated rings. The maximum Gasteiger partial charge on any atom is 0.280 e. The molecule has 0 aromatic carbocycles. The van der Waals surface area contributed by atoms with Crippen molar-refractivity contribution in [2.75, 3.05) is 5.32 Å². The molecular weight excluding hydrogens is 258 g/mol. The van der Waals surface area contributed by atoms with E-state index in [2.05, 4.69) is 52.2 Å². The van der Waals surface area contributed by atoms with Crippen molar-refractivity contribution in [3.8, 4) is 0 Å². The van der Waals surface area contributed by atoms with Gasteiger partial charge in [-0.05, 0) is 28.8 Å². The zero-order valence-electron chi connectivity index (χ0n) is 9.17. The fourth-order valence-corrected chi connectivity index (χ4v) is 1.53. The van der Waals surface area contributed by atoms with E-state index in [1.165, 1.54) is 0 Å². The number of anilines is 1. The number of hydrogen-bond donors (Lipinski definition) is 2. The smallest absolute Gasteiger partial charge is 0.280 e. The highest BCUT2D eigenvalue weighted by Crippen LogP contribution is 2.19. The largest absolute Gasteiger partial charge is 0.380 e. The van der Waals surface area contributed by atoms with Crippen molar-refractivity contribution in [1.29, 1.82) is 0 Å². The van der Waals surface area contributed by atoms with Gasteiger partial charge in [0.05, 0.1) is 11.9 Å². The second-order valence-corrected chi connectivity index (χ2v) is 4.54. The van der Waals surface area contributed by atoms with E-state index in [0.717, 1.165) is 12.1 Å². The van der Waals surface area contributed by atoms with Gasteiger partial charge in [0.25, 0.3) is 5.56 Å². The molecule has 1 heterocycles. The second-order valence-electron chi connectivity index (χ2n) is 3.75. The van der Waals surface area contributed by atoms with Crippen LogP contribution in [0.25, 0.3) is 0 Å². The first-order valence-corrected chi connectivity index (χ1v) is 5.85. The summed E-state index contributed by atoms with van der Waals surface area (Å²) in [6.45, 7) is 6.42. The van der Waals surface area contributed by atoms with E-state index in [1.807, 2.05) is 0 Å². The molecule has 0 saturated carbocycles. The summed E-state index contributed by atoms with van der Waals surface area (Å²) in [6.07, 6.45) is 2.72. The van der Waals surface area contributed by atoms with Crippen molar-refractivity contribution >= 4 is 21.6 Å². The highest BCUT2D eigenvalue weighted by atomic mass is 79.9. The molecule has 0 saturated heterocycles. The van der Waals surface area contributed by atoms with Crippen molar-refractivity contribution in [2.24, 2.45) is 5.92 Å². The lowest BCUT2D eigenvalue weighted by atomic mass is 10.0. The highest BCUT2D eigenvalue weighted by molar-refractivity contribution is 9.10. The number of hydrogen-bond acceptors (Lipinski definition) is 3. The molecule has 1 aromatic rings. The van der Waals surface area contributed by atoms with Gasteiger partial charge in [0, 0.05) is 6.04 Å². The Hall–Kier alpha value is -0.840. The van der Waals surface area contributed by atoms with Gasteiger partial charge in [-0.1, -0.05) is 20.3 Å². The van der Waals surface area contributed by atoms with Crippen LogP contribution in [0.2, 0.25) is 0 Å². The highest BCUT2D eigenvalue weighted by Gasteiger charge is 2.12. The Kier molecular flexibility index (Phi) is 4.32. The van der Waals surface area contributed by atoms with E-state index < -0.39 is 0 Å². The number of aromatic nitrogens is 2. The summed E-state index contributed by atoms with van der Waals surface area (Å²) in [7, 11) is 0.